The van der Waals surface area contributed by atoms with Crippen LogP contribution in [-0.4, -0.2) is 73.5 Å². The SMILES string of the molecule is CN1C[C@@H](F)[C@@H](C2(NC(=O)OC(C)(C)C)CC2)C1.C[C@@H]1CN(C)CC12CC2. The van der Waals surface area contributed by atoms with E-state index in [1.165, 1.54) is 25.9 Å². The van der Waals surface area contributed by atoms with Gasteiger partial charge in [-0.3, -0.25) is 0 Å². The molecular weight excluding hydrogens is 345 g/mol. The van der Waals surface area contributed by atoms with Crippen LogP contribution in [-0.2, 0) is 4.74 Å². The molecule has 3 atom stereocenters. The van der Waals surface area contributed by atoms with Gasteiger partial charge in [-0.25, -0.2) is 9.18 Å². The minimum atomic E-state index is -0.854. The van der Waals surface area contributed by atoms with E-state index >= 15 is 0 Å². The summed E-state index contributed by atoms with van der Waals surface area (Å²) in [6.45, 7) is 11.7. The third kappa shape index (κ3) is 4.94. The molecule has 156 valence electrons. The quantitative estimate of drug-likeness (QED) is 0.795. The van der Waals surface area contributed by atoms with Crippen LogP contribution in [0, 0.1) is 17.3 Å². The number of likely N-dealkylation sites (tertiary alicyclic amines) is 2. The maximum Gasteiger partial charge on any atom is 0.408 e. The molecule has 0 unspecified atom stereocenters. The van der Waals surface area contributed by atoms with Crippen LogP contribution in [0.5, 0.6) is 0 Å². The Morgan fingerprint density at radius 2 is 1.70 bits per heavy atom. The summed E-state index contributed by atoms with van der Waals surface area (Å²) in [5.41, 5.74) is -0.0804. The third-order valence-electron chi connectivity index (χ3n) is 6.79. The second-order valence-electron chi connectivity index (χ2n) is 10.6. The lowest BCUT2D eigenvalue weighted by Crippen LogP contribution is -2.47. The normalized spacial score (nSPS) is 34.1. The molecule has 1 N–H and O–H groups in total. The van der Waals surface area contributed by atoms with Crippen LogP contribution in [0.4, 0.5) is 9.18 Å². The number of amides is 1. The molecule has 4 aliphatic rings. The van der Waals surface area contributed by atoms with Crippen LogP contribution >= 0.6 is 0 Å². The van der Waals surface area contributed by atoms with E-state index in [1.54, 1.807) is 0 Å². The Kier molecular flexibility index (Phi) is 5.54. The Bertz CT molecular complexity index is 554. The standard InChI is InChI=1S/C13H23FN2O2.C8H15N/c1-12(2,3)18-11(17)15-13(5-6-13)9-7-16(4)8-10(9)14;1-7-5-9(2)6-8(7)3-4-8/h9-10H,5-8H2,1-4H3,(H,15,17);7H,3-6H2,1-2H3/t9-,10+;7-/m01/s1. The van der Waals surface area contributed by atoms with Gasteiger partial charge in [0, 0.05) is 32.1 Å². The maximum absolute atomic E-state index is 13.9. The highest BCUT2D eigenvalue weighted by Crippen LogP contribution is 2.55. The number of alkyl carbamates (subject to hydrolysis) is 1. The number of halogens is 1. The molecular formula is C21H38FN3O2. The van der Waals surface area contributed by atoms with E-state index < -0.39 is 17.9 Å². The average molecular weight is 384 g/mol. The van der Waals surface area contributed by atoms with Crippen molar-refractivity contribution in [1.29, 1.82) is 0 Å². The number of hydrogen-bond donors (Lipinski definition) is 1. The zero-order chi connectivity index (χ0) is 20.0. The summed E-state index contributed by atoms with van der Waals surface area (Å²) in [4.78, 5) is 16.2. The lowest BCUT2D eigenvalue weighted by Gasteiger charge is -2.27. The first-order valence-electron chi connectivity index (χ1n) is 10.5. The number of ether oxygens (including phenoxy) is 1. The van der Waals surface area contributed by atoms with Crippen molar-refractivity contribution in [2.45, 2.75) is 70.7 Å². The number of carbonyl (C=O) groups excluding carboxylic acids is 1. The number of nitrogens with zero attached hydrogens (tertiary/aromatic N) is 2. The number of nitrogens with one attached hydrogen (secondary N) is 1. The number of carbonyl (C=O) groups is 1. The molecule has 2 saturated heterocycles. The zero-order valence-corrected chi connectivity index (χ0v) is 18.0. The molecule has 1 spiro atoms. The first kappa shape index (κ1) is 20.8. The molecule has 5 nitrogen and oxygen atoms in total. The molecule has 4 rings (SSSR count). The van der Waals surface area contributed by atoms with E-state index in [0.29, 0.717) is 13.1 Å². The number of alkyl halides is 1. The highest BCUT2D eigenvalue weighted by Gasteiger charge is 2.56. The number of rotatable bonds is 2. The van der Waals surface area contributed by atoms with Crippen molar-refractivity contribution in [3.05, 3.63) is 0 Å². The predicted octanol–water partition coefficient (Wildman–Crippen LogP) is 3.29. The summed E-state index contributed by atoms with van der Waals surface area (Å²) in [6.07, 6.45) is 3.42. The van der Waals surface area contributed by atoms with E-state index in [9.17, 15) is 9.18 Å². The van der Waals surface area contributed by atoms with Crippen molar-refractivity contribution in [3.8, 4) is 0 Å². The lowest BCUT2D eigenvalue weighted by atomic mass is 9.95. The Morgan fingerprint density at radius 1 is 1.07 bits per heavy atom. The van der Waals surface area contributed by atoms with Gasteiger partial charge in [0.2, 0.25) is 0 Å². The maximum atomic E-state index is 13.9. The summed E-state index contributed by atoms with van der Waals surface area (Å²) in [5, 5.41) is 2.89. The lowest BCUT2D eigenvalue weighted by molar-refractivity contribution is 0.0462. The first-order valence-corrected chi connectivity index (χ1v) is 10.5. The van der Waals surface area contributed by atoms with Gasteiger partial charge < -0.3 is 19.9 Å². The predicted molar refractivity (Wildman–Crippen MR) is 106 cm³/mol. The molecule has 1 amide bonds. The van der Waals surface area contributed by atoms with Crippen LogP contribution in [0.25, 0.3) is 0 Å². The molecule has 2 heterocycles. The molecule has 2 saturated carbocycles. The molecule has 0 aromatic rings. The van der Waals surface area contributed by atoms with Crippen LogP contribution in [0.3, 0.4) is 0 Å². The van der Waals surface area contributed by atoms with E-state index in [1.807, 2.05) is 32.7 Å². The van der Waals surface area contributed by atoms with Crippen LogP contribution in [0.15, 0.2) is 0 Å². The van der Waals surface area contributed by atoms with Crippen molar-refractivity contribution in [1.82, 2.24) is 15.1 Å². The second kappa shape index (κ2) is 7.18. The molecule has 2 aliphatic heterocycles. The molecule has 0 bridgehead atoms. The molecule has 0 radical (unpaired) electrons. The van der Waals surface area contributed by atoms with Crippen molar-refractivity contribution >= 4 is 6.09 Å². The van der Waals surface area contributed by atoms with E-state index in [2.05, 4.69) is 24.2 Å². The van der Waals surface area contributed by atoms with Crippen LogP contribution in [0.2, 0.25) is 0 Å². The van der Waals surface area contributed by atoms with Crippen LogP contribution < -0.4 is 5.32 Å². The molecule has 4 fully saturated rings. The molecule has 2 aliphatic carbocycles. The minimum Gasteiger partial charge on any atom is -0.444 e. The molecule has 27 heavy (non-hydrogen) atoms. The molecule has 0 aromatic heterocycles. The fourth-order valence-electron chi connectivity index (χ4n) is 4.93. The summed E-state index contributed by atoms with van der Waals surface area (Å²) < 4.78 is 19.2. The van der Waals surface area contributed by atoms with Gasteiger partial charge in [-0.15, -0.1) is 0 Å². The Balaban J connectivity index is 0.000000193. The van der Waals surface area contributed by atoms with Gasteiger partial charge in [0.15, 0.2) is 0 Å². The fraction of sp³-hybridized carbons (Fsp3) is 0.952. The van der Waals surface area contributed by atoms with E-state index in [-0.39, 0.29) is 11.5 Å². The molecule has 6 heteroatoms. The largest absolute Gasteiger partial charge is 0.444 e. The summed E-state index contributed by atoms with van der Waals surface area (Å²) >= 11 is 0. The fourth-order valence-corrected chi connectivity index (χ4v) is 4.93. The van der Waals surface area contributed by atoms with Crippen molar-refractivity contribution in [2.24, 2.45) is 17.3 Å². The van der Waals surface area contributed by atoms with E-state index in [4.69, 9.17) is 4.74 Å². The Labute approximate surface area is 164 Å². The third-order valence-corrected chi connectivity index (χ3v) is 6.79. The monoisotopic (exact) mass is 383 g/mol. The van der Waals surface area contributed by atoms with Gasteiger partial charge >= 0.3 is 6.09 Å². The Morgan fingerprint density at radius 3 is 2.04 bits per heavy atom. The van der Waals surface area contributed by atoms with Crippen molar-refractivity contribution in [3.63, 3.8) is 0 Å². The zero-order valence-electron chi connectivity index (χ0n) is 18.0. The molecule has 0 aromatic carbocycles. The summed E-state index contributed by atoms with van der Waals surface area (Å²) in [7, 11) is 4.15. The van der Waals surface area contributed by atoms with Gasteiger partial charge in [0.1, 0.15) is 11.8 Å². The Hall–Kier alpha value is -0.880. The van der Waals surface area contributed by atoms with Crippen molar-refractivity contribution in [2.75, 3.05) is 40.3 Å². The van der Waals surface area contributed by atoms with Crippen LogP contribution in [0.1, 0.15) is 53.4 Å². The highest BCUT2D eigenvalue weighted by molar-refractivity contribution is 5.69. The first-order chi connectivity index (χ1) is 12.4. The van der Waals surface area contributed by atoms with Gasteiger partial charge in [0.25, 0.3) is 0 Å². The smallest absolute Gasteiger partial charge is 0.408 e. The van der Waals surface area contributed by atoms with Gasteiger partial charge in [-0.2, -0.15) is 0 Å². The minimum absolute atomic E-state index is 0.102. The topological polar surface area (TPSA) is 44.8 Å². The average Bonchev–Trinajstić information content (AvgIpc) is 3.38. The van der Waals surface area contributed by atoms with E-state index in [0.717, 1.165) is 24.2 Å². The van der Waals surface area contributed by atoms with Gasteiger partial charge in [-0.05, 0) is 71.9 Å². The summed E-state index contributed by atoms with van der Waals surface area (Å²) in [5.74, 6) is 0.873. The summed E-state index contributed by atoms with van der Waals surface area (Å²) in [6, 6.07) is 0. The number of hydrogen-bond acceptors (Lipinski definition) is 4. The highest BCUT2D eigenvalue weighted by atomic mass is 19.1. The van der Waals surface area contributed by atoms with Gasteiger partial charge in [0.05, 0.1) is 5.54 Å². The van der Waals surface area contributed by atoms with Gasteiger partial charge in [-0.1, -0.05) is 6.92 Å². The second-order valence-corrected chi connectivity index (χ2v) is 10.6. The van der Waals surface area contributed by atoms with Crippen molar-refractivity contribution < 1.29 is 13.9 Å².